The van der Waals surface area contributed by atoms with E-state index in [1.165, 1.54) is 0 Å². The van der Waals surface area contributed by atoms with Gasteiger partial charge in [-0.15, -0.1) is 0 Å². The highest BCUT2D eigenvalue weighted by Gasteiger charge is 2.29. The molecule has 1 aromatic heterocycles. The molecule has 32 heavy (non-hydrogen) atoms. The Morgan fingerprint density at radius 1 is 1.28 bits per heavy atom. The SMILES string of the molecule is Cc1noc(C)c1C(=O)N(Cc1cc(NC(=O)C2CCCC2)ccc1Cl)CC(C)(C)CN. The predicted octanol–water partition coefficient (Wildman–Crippen LogP) is 4.70. The summed E-state index contributed by atoms with van der Waals surface area (Å²) in [5, 5.41) is 7.47. The number of anilines is 1. The van der Waals surface area contributed by atoms with Crippen LogP contribution in [-0.2, 0) is 11.3 Å². The van der Waals surface area contributed by atoms with Gasteiger partial charge in [0.05, 0.1) is 5.69 Å². The summed E-state index contributed by atoms with van der Waals surface area (Å²) in [7, 11) is 0. The van der Waals surface area contributed by atoms with E-state index in [9.17, 15) is 9.59 Å². The molecule has 1 heterocycles. The second kappa shape index (κ2) is 10.0. The van der Waals surface area contributed by atoms with Crippen LogP contribution in [0.1, 0.15) is 66.9 Å². The lowest BCUT2D eigenvalue weighted by atomic mass is 9.92. The molecule has 0 unspecified atom stereocenters. The molecule has 174 valence electrons. The number of amides is 2. The molecule has 3 N–H and O–H groups in total. The molecule has 1 aliphatic carbocycles. The molecular formula is C24H33ClN4O3. The van der Waals surface area contributed by atoms with Crippen LogP contribution < -0.4 is 11.1 Å². The van der Waals surface area contributed by atoms with Crippen molar-refractivity contribution in [1.82, 2.24) is 10.1 Å². The van der Waals surface area contributed by atoms with Crippen LogP contribution in [-0.4, -0.2) is 35.0 Å². The summed E-state index contributed by atoms with van der Waals surface area (Å²) in [5.41, 5.74) is 8.10. The quantitative estimate of drug-likeness (QED) is 0.594. The lowest BCUT2D eigenvalue weighted by molar-refractivity contribution is -0.119. The average molecular weight is 461 g/mol. The molecule has 0 atom stereocenters. The van der Waals surface area contributed by atoms with Gasteiger partial charge in [-0.05, 0) is 62.4 Å². The third kappa shape index (κ3) is 5.70. The zero-order valence-corrected chi connectivity index (χ0v) is 20.1. The Morgan fingerprint density at radius 3 is 2.56 bits per heavy atom. The van der Waals surface area contributed by atoms with Gasteiger partial charge in [0.2, 0.25) is 5.91 Å². The van der Waals surface area contributed by atoms with E-state index in [0.29, 0.717) is 40.8 Å². The minimum absolute atomic E-state index is 0.0451. The molecule has 0 spiro atoms. The van der Waals surface area contributed by atoms with Gasteiger partial charge >= 0.3 is 0 Å². The number of hydrogen-bond acceptors (Lipinski definition) is 5. The van der Waals surface area contributed by atoms with Gasteiger partial charge in [-0.1, -0.05) is 43.4 Å². The number of rotatable bonds is 8. The number of halogens is 1. The number of aromatic nitrogens is 1. The molecule has 1 aromatic carbocycles. The van der Waals surface area contributed by atoms with Crippen molar-refractivity contribution in [2.45, 2.75) is 59.9 Å². The smallest absolute Gasteiger partial charge is 0.259 e. The number of carbonyl (C=O) groups is 2. The molecule has 7 nitrogen and oxygen atoms in total. The van der Waals surface area contributed by atoms with Crippen molar-refractivity contribution < 1.29 is 14.1 Å². The van der Waals surface area contributed by atoms with Crippen molar-refractivity contribution in [2.24, 2.45) is 17.1 Å². The van der Waals surface area contributed by atoms with Gasteiger partial charge < -0.3 is 20.5 Å². The fourth-order valence-electron chi connectivity index (χ4n) is 4.14. The number of aryl methyl sites for hydroxylation is 2. The summed E-state index contributed by atoms with van der Waals surface area (Å²) in [6, 6.07) is 5.40. The van der Waals surface area contributed by atoms with Gasteiger partial charge in [0, 0.05) is 29.7 Å². The minimum atomic E-state index is -0.296. The normalized spacial score (nSPS) is 14.6. The fraction of sp³-hybridized carbons (Fsp3) is 0.542. The number of hydrogen-bond donors (Lipinski definition) is 2. The summed E-state index contributed by atoms with van der Waals surface area (Å²) in [6.45, 7) is 8.64. The fourth-order valence-corrected chi connectivity index (χ4v) is 4.32. The highest BCUT2D eigenvalue weighted by molar-refractivity contribution is 6.31. The zero-order valence-electron chi connectivity index (χ0n) is 19.3. The topological polar surface area (TPSA) is 101 Å². The molecule has 3 rings (SSSR count). The van der Waals surface area contributed by atoms with Crippen molar-refractivity contribution in [1.29, 1.82) is 0 Å². The van der Waals surface area contributed by atoms with E-state index in [1.807, 2.05) is 19.9 Å². The maximum absolute atomic E-state index is 13.5. The Hall–Kier alpha value is -2.38. The average Bonchev–Trinajstić information content (AvgIpc) is 3.39. The third-order valence-electron chi connectivity index (χ3n) is 6.11. The summed E-state index contributed by atoms with van der Waals surface area (Å²) < 4.78 is 5.21. The van der Waals surface area contributed by atoms with Gasteiger partial charge in [-0.25, -0.2) is 0 Å². The maximum atomic E-state index is 13.5. The van der Waals surface area contributed by atoms with Crippen LogP contribution in [0.4, 0.5) is 5.69 Å². The minimum Gasteiger partial charge on any atom is -0.361 e. The largest absolute Gasteiger partial charge is 0.361 e. The first kappa shape index (κ1) is 24.3. The number of benzene rings is 1. The molecule has 1 saturated carbocycles. The molecule has 1 aliphatic rings. The number of nitrogens with two attached hydrogens (primary N) is 1. The Morgan fingerprint density at radius 2 is 1.97 bits per heavy atom. The number of carbonyl (C=O) groups excluding carboxylic acids is 2. The van der Waals surface area contributed by atoms with E-state index in [1.54, 1.807) is 30.9 Å². The van der Waals surface area contributed by atoms with Gasteiger partial charge in [-0.2, -0.15) is 0 Å². The lowest BCUT2D eigenvalue weighted by Gasteiger charge is -2.32. The second-order valence-corrected chi connectivity index (χ2v) is 9.91. The highest BCUT2D eigenvalue weighted by Crippen LogP contribution is 2.29. The molecule has 0 aliphatic heterocycles. The van der Waals surface area contributed by atoms with Crippen LogP contribution in [0.15, 0.2) is 22.7 Å². The van der Waals surface area contributed by atoms with Gasteiger partial charge in [0.1, 0.15) is 11.3 Å². The summed E-state index contributed by atoms with van der Waals surface area (Å²) in [5.74, 6) is 0.409. The highest BCUT2D eigenvalue weighted by atomic mass is 35.5. The first-order chi connectivity index (χ1) is 15.1. The van der Waals surface area contributed by atoms with Crippen molar-refractivity contribution in [3.63, 3.8) is 0 Å². The van der Waals surface area contributed by atoms with Crippen LogP contribution in [0.25, 0.3) is 0 Å². The van der Waals surface area contributed by atoms with E-state index < -0.39 is 0 Å². The van der Waals surface area contributed by atoms with Gasteiger partial charge in [-0.3, -0.25) is 9.59 Å². The second-order valence-electron chi connectivity index (χ2n) is 9.51. The van der Waals surface area contributed by atoms with Crippen molar-refractivity contribution in [3.8, 4) is 0 Å². The van der Waals surface area contributed by atoms with Crippen molar-refractivity contribution in [2.75, 3.05) is 18.4 Å². The van der Waals surface area contributed by atoms with Crippen LogP contribution in [0, 0.1) is 25.2 Å². The van der Waals surface area contributed by atoms with Crippen LogP contribution in [0.2, 0.25) is 5.02 Å². The van der Waals surface area contributed by atoms with Crippen molar-refractivity contribution >= 4 is 29.1 Å². The van der Waals surface area contributed by atoms with Crippen LogP contribution >= 0.6 is 11.6 Å². The van der Waals surface area contributed by atoms with Gasteiger partial charge in [0.15, 0.2) is 0 Å². The summed E-state index contributed by atoms with van der Waals surface area (Å²) in [4.78, 5) is 27.7. The maximum Gasteiger partial charge on any atom is 0.259 e. The summed E-state index contributed by atoms with van der Waals surface area (Å²) in [6.07, 6.45) is 4.06. The Labute approximate surface area is 194 Å². The molecule has 2 aromatic rings. The summed E-state index contributed by atoms with van der Waals surface area (Å²) >= 11 is 6.49. The lowest BCUT2D eigenvalue weighted by Crippen LogP contribution is -2.42. The predicted molar refractivity (Wildman–Crippen MR) is 126 cm³/mol. The first-order valence-electron chi connectivity index (χ1n) is 11.1. The van der Waals surface area contributed by atoms with E-state index in [4.69, 9.17) is 21.9 Å². The van der Waals surface area contributed by atoms with E-state index >= 15 is 0 Å². The Bertz CT molecular complexity index is 960. The van der Waals surface area contributed by atoms with Crippen LogP contribution in [0.3, 0.4) is 0 Å². The monoisotopic (exact) mass is 460 g/mol. The number of nitrogens with one attached hydrogen (secondary N) is 1. The first-order valence-corrected chi connectivity index (χ1v) is 11.5. The third-order valence-corrected chi connectivity index (χ3v) is 6.48. The zero-order chi connectivity index (χ0) is 23.5. The van der Waals surface area contributed by atoms with Crippen LogP contribution in [0.5, 0.6) is 0 Å². The molecule has 1 fully saturated rings. The Kier molecular flexibility index (Phi) is 7.62. The molecule has 2 amide bonds. The standard InChI is InChI=1S/C24H33ClN4O3/c1-15-21(16(2)32-28-15)23(31)29(14-24(3,4)13-26)12-18-11-19(9-10-20(18)25)27-22(30)17-7-5-6-8-17/h9-11,17H,5-8,12-14,26H2,1-4H3,(H,27,30). The molecular weight excluding hydrogens is 428 g/mol. The molecule has 0 saturated heterocycles. The van der Waals surface area contributed by atoms with Gasteiger partial charge in [0.25, 0.3) is 5.91 Å². The van der Waals surface area contributed by atoms with E-state index in [0.717, 1.165) is 31.2 Å². The molecule has 8 heteroatoms. The van der Waals surface area contributed by atoms with E-state index in [2.05, 4.69) is 10.5 Å². The van der Waals surface area contributed by atoms with E-state index in [-0.39, 0.29) is 29.7 Å². The molecule has 0 bridgehead atoms. The Balaban J connectivity index is 1.86. The van der Waals surface area contributed by atoms with Crippen molar-refractivity contribution in [3.05, 3.63) is 45.8 Å². The number of nitrogens with zero attached hydrogens (tertiary/aromatic N) is 2. The molecule has 0 radical (unpaired) electrons.